The number of fused-ring (bicyclic) bond motifs is 3. The lowest BCUT2D eigenvalue weighted by Gasteiger charge is -2.09. The SMILES string of the molecule is Cc1ccnc2c1-c1c(cnc(C)c1C)C2. The smallest absolute Gasteiger partial charge is 0.0529 e. The van der Waals surface area contributed by atoms with Crippen LogP contribution in [0.2, 0.25) is 0 Å². The van der Waals surface area contributed by atoms with E-state index in [4.69, 9.17) is 0 Å². The van der Waals surface area contributed by atoms with Crippen molar-refractivity contribution in [2.24, 2.45) is 0 Å². The van der Waals surface area contributed by atoms with Gasteiger partial charge in [-0.05, 0) is 49.1 Å². The minimum atomic E-state index is 0.931. The molecule has 0 aliphatic heterocycles. The van der Waals surface area contributed by atoms with E-state index >= 15 is 0 Å². The molecule has 0 saturated heterocycles. The molecule has 1 aliphatic carbocycles. The predicted molar refractivity (Wildman–Crippen MR) is 64.5 cm³/mol. The molecule has 1 aliphatic rings. The number of aromatic nitrogens is 2. The summed E-state index contributed by atoms with van der Waals surface area (Å²) in [4.78, 5) is 8.91. The van der Waals surface area contributed by atoms with Gasteiger partial charge in [0.1, 0.15) is 0 Å². The molecular weight excluding hydrogens is 196 g/mol. The van der Waals surface area contributed by atoms with Gasteiger partial charge < -0.3 is 0 Å². The highest BCUT2D eigenvalue weighted by molar-refractivity contribution is 5.80. The van der Waals surface area contributed by atoms with Crippen LogP contribution in [0.4, 0.5) is 0 Å². The van der Waals surface area contributed by atoms with E-state index in [2.05, 4.69) is 36.8 Å². The van der Waals surface area contributed by atoms with Gasteiger partial charge >= 0.3 is 0 Å². The number of aryl methyl sites for hydroxylation is 2. The van der Waals surface area contributed by atoms with Crippen LogP contribution in [0.15, 0.2) is 18.5 Å². The first-order valence-electron chi connectivity index (χ1n) is 5.58. The van der Waals surface area contributed by atoms with Crippen LogP contribution >= 0.6 is 0 Å². The summed E-state index contributed by atoms with van der Waals surface area (Å²) in [6.45, 7) is 6.38. The number of nitrogens with zero attached hydrogens (tertiary/aromatic N) is 2. The standard InChI is InChI=1S/C14H14N2/c1-8-4-5-15-12-6-11-7-16-10(3)9(2)14(11)13(8)12/h4-5,7H,6H2,1-3H3. The summed E-state index contributed by atoms with van der Waals surface area (Å²) in [5.74, 6) is 0. The van der Waals surface area contributed by atoms with Gasteiger partial charge in [-0.1, -0.05) is 0 Å². The predicted octanol–water partition coefficient (Wildman–Crippen LogP) is 2.97. The Balaban J connectivity index is 2.39. The maximum Gasteiger partial charge on any atom is 0.0529 e. The van der Waals surface area contributed by atoms with Crippen molar-refractivity contribution in [2.45, 2.75) is 27.2 Å². The van der Waals surface area contributed by atoms with E-state index in [1.807, 2.05) is 12.4 Å². The van der Waals surface area contributed by atoms with Crippen LogP contribution in [0.5, 0.6) is 0 Å². The van der Waals surface area contributed by atoms with Crippen molar-refractivity contribution in [3.05, 3.63) is 46.5 Å². The van der Waals surface area contributed by atoms with Gasteiger partial charge in [-0.2, -0.15) is 0 Å². The van der Waals surface area contributed by atoms with Crippen molar-refractivity contribution < 1.29 is 0 Å². The molecule has 80 valence electrons. The van der Waals surface area contributed by atoms with E-state index in [-0.39, 0.29) is 0 Å². The zero-order valence-corrected chi connectivity index (χ0v) is 9.83. The third-order valence-corrected chi connectivity index (χ3v) is 3.50. The second kappa shape index (κ2) is 3.14. The fourth-order valence-electron chi connectivity index (χ4n) is 2.51. The lowest BCUT2D eigenvalue weighted by molar-refractivity contribution is 1.08. The maximum absolute atomic E-state index is 4.48. The zero-order chi connectivity index (χ0) is 11.3. The summed E-state index contributed by atoms with van der Waals surface area (Å²) >= 11 is 0. The van der Waals surface area contributed by atoms with Crippen molar-refractivity contribution in [1.29, 1.82) is 0 Å². The molecule has 2 nitrogen and oxygen atoms in total. The summed E-state index contributed by atoms with van der Waals surface area (Å²) in [5.41, 5.74) is 8.96. The van der Waals surface area contributed by atoms with Crippen molar-refractivity contribution in [3.8, 4) is 11.1 Å². The number of hydrogen-bond acceptors (Lipinski definition) is 2. The molecule has 0 amide bonds. The Hall–Kier alpha value is -1.70. The lowest BCUT2D eigenvalue weighted by atomic mass is 9.98. The van der Waals surface area contributed by atoms with Crippen LogP contribution in [0.25, 0.3) is 11.1 Å². The molecule has 0 radical (unpaired) electrons. The molecule has 2 aromatic rings. The molecule has 2 aromatic heterocycles. The third-order valence-electron chi connectivity index (χ3n) is 3.50. The molecule has 2 heterocycles. The van der Waals surface area contributed by atoms with Crippen LogP contribution in [0.3, 0.4) is 0 Å². The van der Waals surface area contributed by atoms with E-state index in [9.17, 15) is 0 Å². The molecule has 0 bridgehead atoms. The van der Waals surface area contributed by atoms with Crippen LogP contribution < -0.4 is 0 Å². The Kier molecular flexibility index (Phi) is 1.87. The van der Waals surface area contributed by atoms with E-state index in [0.29, 0.717) is 0 Å². The third kappa shape index (κ3) is 1.13. The molecule has 2 heteroatoms. The first-order chi connectivity index (χ1) is 7.68. The molecule has 0 spiro atoms. The minimum absolute atomic E-state index is 0.931. The molecule has 16 heavy (non-hydrogen) atoms. The van der Waals surface area contributed by atoms with Crippen molar-refractivity contribution in [2.75, 3.05) is 0 Å². The van der Waals surface area contributed by atoms with E-state index in [1.165, 1.54) is 33.5 Å². The Morgan fingerprint density at radius 3 is 2.69 bits per heavy atom. The molecule has 0 fully saturated rings. The molecule has 0 atom stereocenters. The quantitative estimate of drug-likeness (QED) is 0.570. The fraction of sp³-hybridized carbons (Fsp3) is 0.286. The lowest BCUT2D eigenvalue weighted by Crippen LogP contribution is -1.93. The highest BCUT2D eigenvalue weighted by Crippen LogP contribution is 2.39. The van der Waals surface area contributed by atoms with Crippen molar-refractivity contribution in [3.63, 3.8) is 0 Å². The van der Waals surface area contributed by atoms with E-state index < -0.39 is 0 Å². The van der Waals surface area contributed by atoms with Gasteiger partial charge in [0.2, 0.25) is 0 Å². The van der Waals surface area contributed by atoms with Gasteiger partial charge in [-0.3, -0.25) is 9.97 Å². The normalized spacial score (nSPS) is 12.4. The molecule has 0 saturated carbocycles. The Morgan fingerprint density at radius 2 is 1.88 bits per heavy atom. The highest BCUT2D eigenvalue weighted by atomic mass is 14.7. The zero-order valence-electron chi connectivity index (χ0n) is 9.83. The average Bonchev–Trinajstić information content (AvgIpc) is 2.64. The van der Waals surface area contributed by atoms with Gasteiger partial charge in [0.15, 0.2) is 0 Å². The van der Waals surface area contributed by atoms with E-state index in [1.54, 1.807) is 0 Å². The fourth-order valence-corrected chi connectivity index (χ4v) is 2.51. The molecule has 0 unspecified atom stereocenters. The number of pyridine rings is 2. The van der Waals surface area contributed by atoms with Crippen LogP contribution in [-0.2, 0) is 6.42 Å². The van der Waals surface area contributed by atoms with Gasteiger partial charge in [0.05, 0.1) is 5.69 Å². The monoisotopic (exact) mass is 210 g/mol. The van der Waals surface area contributed by atoms with E-state index in [0.717, 1.165) is 12.1 Å². The minimum Gasteiger partial charge on any atom is -0.261 e. The Bertz CT molecular complexity index is 586. The first kappa shape index (κ1) is 9.52. The number of hydrogen-bond donors (Lipinski definition) is 0. The largest absolute Gasteiger partial charge is 0.261 e. The van der Waals surface area contributed by atoms with Crippen LogP contribution in [-0.4, -0.2) is 9.97 Å². The Labute approximate surface area is 95.4 Å². The summed E-state index contributed by atoms with van der Waals surface area (Å²) in [6.07, 6.45) is 4.83. The summed E-state index contributed by atoms with van der Waals surface area (Å²) in [7, 11) is 0. The second-order valence-electron chi connectivity index (χ2n) is 4.50. The summed E-state index contributed by atoms with van der Waals surface area (Å²) in [5, 5.41) is 0. The second-order valence-corrected chi connectivity index (χ2v) is 4.50. The van der Waals surface area contributed by atoms with Crippen LogP contribution in [0, 0.1) is 20.8 Å². The maximum atomic E-state index is 4.48. The van der Waals surface area contributed by atoms with Gasteiger partial charge in [0, 0.05) is 30.1 Å². The van der Waals surface area contributed by atoms with Crippen molar-refractivity contribution in [1.82, 2.24) is 9.97 Å². The molecular formula is C14H14N2. The molecule has 0 N–H and O–H groups in total. The average molecular weight is 210 g/mol. The van der Waals surface area contributed by atoms with Crippen LogP contribution in [0.1, 0.15) is 28.1 Å². The summed E-state index contributed by atoms with van der Waals surface area (Å²) < 4.78 is 0. The van der Waals surface area contributed by atoms with Gasteiger partial charge in [-0.25, -0.2) is 0 Å². The highest BCUT2D eigenvalue weighted by Gasteiger charge is 2.23. The molecule has 3 rings (SSSR count). The summed E-state index contributed by atoms with van der Waals surface area (Å²) in [6, 6.07) is 2.09. The Morgan fingerprint density at radius 1 is 1.06 bits per heavy atom. The van der Waals surface area contributed by atoms with Gasteiger partial charge in [-0.15, -0.1) is 0 Å². The van der Waals surface area contributed by atoms with Gasteiger partial charge in [0.25, 0.3) is 0 Å². The first-order valence-corrected chi connectivity index (χ1v) is 5.58. The number of rotatable bonds is 0. The van der Waals surface area contributed by atoms with Crippen molar-refractivity contribution >= 4 is 0 Å². The molecule has 0 aromatic carbocycles. The topological polar surface area (TPSA) is 25.8 Å².